The van der Waals surface area contributed by atoms with E-state index in [4.69, 9.17) is 15.0 Å². The van der Waals surface area contributed by atoms with E-state index in [1.165, 1.54) is 0 Å². The van der Waals surface area contributed by atoms with Gasteiger partial charge in [-0.25, -0.2) is 0 Å². The Bertz CT molecular complexity index is 832. The fraction of sp³-hybridized carbons (Fsp3) is 0.278. The van der Waals surface area contributed by atoms with Gasteiger partial charge in [0, 0.05) is 18.0 Å². The fourth-order valence-corrected chi connectivity index (χ4v) is 3.01. The second-order valence-electron chi connectivity index (χ2n) is 6.10. The predicted molar refractivity (Wildman–Crippen MR) is 95.6 cm³/mol. The largest absolute Gasteiger partial charge is 0.457 e. The van der Waals surface area contributed by atoms with Gasteiger partial charge in [-0.3, -0.25) is 4.98 Å². The topological polar surface area (TPSA) is 87.1 Å². The number of hydrogen-bond acceptors (Lipinski definition) is 6. The highest BCUT2D eigenvalue weighted by molar-refractivity contribution is 5.85. The van der Waals surface area contributed by atoms with E-state index in [1.807, 2.05) is 24.3 Å². The van der Waals surface area contributed by atoms with Gasteiger partial charge in [0.15, 0.2) is 5.82 Å². The Morgan fingerprint density at radius 1 is 1.04 bits per heavy atom. The Hall–Kier alpha value is -2.44. The molecular weight excluding hydrogens is 340 g/mol. The van der Waals surface area contributed by atoms with E-state index >= 15 is 0 Å². The van der Waals surface area contributed by atoms with Gasteiger partial charge in [-0.15, -0.1) is 12.4 Å². The van der Waals surface area contributed by atoms with Crippen LogP contribution in [0, 0.1) is 0 Å². The number of nitrogens with two attached hydrogens (primary N) is 1. The minimum absolute atomic E-state index is 0. The van der Waals surface area contributed by atoms with Crippen molar-refractivity contribution in [1.29, 1.82) is 0 Å². The molecule has 1 aliphatic carbocycles. The van der Waals surface area contributed by atoms with Gasteiger partial charge in [-0.2, -0.15) is 4.98 Å². The first kappa shape index (κ1) is 17.4. The third kappa shape index (κ3) is 3.65. The molecule has 0 unspecified atom stereocenters. The maximum absolute atomic E-state index is 6.39. The van der Waals surface area contributed by atoms with Crippen molar-refractivity contribution in [3.8, 4) is 23.0 Å². The van der Waals surface area contributed by atoms with Gasteiger partial charge in [0.2, 0.25) is 0 Å². The van der Waals surface area contributed by atoms with Crippen LogP contribution in [-0.2, 0) is 5.54 Å². The molecule has 2 N–H and O–H groups in total. The van der Waals surface area contributed by atoms with Crippen molar-refractivity contribution >= 4 is 12.4 Å². The third-order valence-corrected chi connectivity index (χ3v) is 4.33. The highest BCUT2D eigenvalue weighted by Gasteiger charge is 2.36. The standard InChI is InChI=1S/C18H18N4O2.ClH/c19-18(8-1-2-9-18)17-21-16(24-22-17)13-4-3-5-15(12-13)23-14-6-10-20-11-7-14;/h3-7,10-12H,1-2,8-9,19H2;1H. The van der Waals surface area contributed by atoms with Gasteiger partial charge in [0.25, 0.3) is 5.89 Å². The van der Waals surface area contributed by atoms with Crippen molar-refractivity contribution in [2.24, 2.45) is 5.73 Å². The van der Waals surface area contributed by atoms with E-state index < -0.39 is 5.54 Å². The van der Waals surface area contributed by atoms with Crippen molar-refractivity contribution in [2.45, 2.75) is 31.2 Å². The molecule has 0 bridgehead atoms. The Kier molecular flexibility index (Phi) is 5.01. The number of ether oxygens (including phenoxy) is 1. The monoisotopic (exact) mass is 358 g/mol. The zero-order valence-corrected chi connectivity index (χ0v) is 14.4. The number of rotatable bonds is 4. The highest BCUT2D eigenvalue weighted by atomic mass is 35.5. The number of nitrogens with zero attached hydrogens (tertiary/aromatic N) is 3. The van der Waals surface area contributed by atoms with Crippen LogP contribution in [0.1, 0.15) is 31.5 Å². The molecule has 0 atom stereocenters. The molecule has 0 radical (unpaired) electrons. The van der Waals surface area contributed by atoms with E-state index in [0.29, 0.717) is 17.5 Å². The zero-order valence-electron chi connectivity index (χ0n) is 13.6. The number of halogens is 1. The van der Waals surface area contributed by atoms with Crippen LogP contribution in [0.5, 0.6) is 11.5 Å². The summed E-state index contributed by atoms with van der Waals surface area (Å²) in [6.07, 6.45) is 7.39. The van der Waals surface area contributed by atoms with Crippen molar-refractivity contribution < 1.29 is 9.26 Å². The molecule has 1 aliphatic rings. The lowest BCUT2D eigenvalue weighted by molar-refractivity contribution is 0.372. The molecular formula is C18H19ClN4O2. The minimum atomic E-state index is -0.451. The molecule has 7 heteroatoms. The number of benzene rings is 1. The first-order chi connectivity index (χ1) is 11.7. The SMILES string of the molecule is Cl.NC1(c2noc(-c3cccc(Oc4ccncc4)c3)n2)CCCC1. The van der Waals surface area contributed by atoms with Crippen LogP contribution in [0.4, 0.5) is 0 Å². The van der Waals surface area contributed by atoms with E-state index in [-0.39, 0.29) is 12.4 Å². The summed E-state index contributed by atoms with van der Waals surface area (Å²) in [4.78, 5) is 8.49. The molecule has 0 spiro atoms. The van der Waals surface area contributed by atoms with E-state index in [1.54, 1.807) is 24.5 Å². The van der Waals surface area contributed by atoms with E-state index in [2.05, 4.69) is 15.1 Å². The summed E-state index contributed by atoms with van der Waals surface area (Å²) in [6, 6.07) is 11.2. The van der Waals surface area contributed by atoms with Gasteiger partial charge in [-0.05, 0) is 43.2 Å². The zero-order chi connectivity index (χ0) is 16.4. The van der Waals surface area contributed by atoms with E-state index in [9.17, 15) is 0 Å². The van der Waals surface area contributed by atoms with Crippen LogP contribution in [0.3, 0.4) is 0 Å². The Morgan fingerprint density at radius 2 is 1.80 bits per heavy atom. The van der Waals surface area contributed by atoms with Crippen LogP contribution in [0.2, 0.25) is 0 Å². The van der Waals surface area contributed by atoms with Crippen LogP contribution in [0.25, 0.3) is 11.5 Å². The minimum Gasteiger partial charge on any atom is -0.457 e. The lowest BCUT2D eigenvalue weighted by Crippen LogP contribution is -2.34. The Balaban J connectivity index is 0.00000182. The molecule has 6 nitrogen and oxygen atoms in total. The fourth-order valence-electron chi connectivity index (χ4n) is 3.01. The van der Waals surface area contributed by atoms with Gasteiger partial charge >= 0.3 is 0 Å². The lowest BCUT2D eigenvalue weighted by atomic mass is 9.99. The first-order valence-electron chi connectivity index (χ1n) is 8.04. The molecule has 1 aromatic carbocycles. The summed E-state index contributed by atoms with van der Waals surface area (Å²) < 4.78 is 11.2. The molecule has 3 aromatic rings. The molecule has 130 valence electrons. The summed E-state index contributed by atoms with van der Waals surface area (Å²) in [5.41, 5.74) is 6.74. The number of aromatic nitrogens is 3. The molecule has 25 heavy (non-hydrogen) atoms. The third-order valence-electron chi connectivity index (χ3n) is 4.33. The molecule has 0 aliphatic heterocycles. The average Bonchev–Trinajstić information content (AvgIpc) is 3.26. The maximum Gasteiger partial charge on any atom is 0.258 e. The summed E-state index contributed by atoms with van der Waals surface area (Å²) in [5, 5.41) is 4.10. The molecule has 2 aromatic heterocycles. The average molecular weight is 359 g/mol. The number of hydrogen-bond donors (Lipinski definition) is 1. The van der Waals surface area contributed by atoms with Crippen LogP contribution < -0.4 is 10.5 Å². The maximum atomic E-state index is 6.39. The molecule has 1 saturated carbocycles. The van der Waals surface area contributed by atoms with Gasteiger partial charge in [0.1, 0.15) is 11.5 Å². The first-order valence-corrected chi connectivity index (χ1v) is 8.04. The smallest absolute Gasteiger partial charge is 0.258 e. The second kappa shape index (κ2) is 7.21. The quantitative estimate of drug-likeness (QED) is 0.756. The molecule has 0 saturated heterocycles. The van der Waals surface area contributed by atoms with Crippen LogP contribution in [-0.4, -0.2) is 15.1 Å². The summed E-state index contributed by atoms with van der Waals surface area (Å²) >= 11 is 0. The second-order valence-corrected chi connectivity index (χ2v) is 6.10. The molecule has 4 rings (SSSR count). The normalized spacial score (nSPS) is 15.6. The van der Waals surface area contributed by atoms with Crippen molar-refractivity contribution in [2.75, 3.05) is 0 Å². The van der Waals surface area contributed by atoms with E-state index in [0.717, 1.165) is 37.0 Å². The molecule has 1 fully saturated rings. The summed E-state index contributed by atoms with van der Waals surface area (Å²) in [5.74, 6) is 2.47. The highest BCUT2D eigenvalue weighted by Crippen LogP contribution is 2.35. The van der Waals surface area contributed by atoms with Gasteiger partial charge in [0.05, 0.1) is 5.54 Å². The van der Waals surface area contributed by atoms with Crippen LogP contribution in [0.15, 0.2) is 53.3 Å². The lowest BCUT2D eigenvalue weighted by Gasteiger charge is -2.17. The Labute approximate surface area is 151 Å². The van der Waals surface area contributed by atoms with Crippen LogP contribution >= 0.6 is 12.4 Å². The summed E-state index contributed by atoms with van der Waals surface area (Å²) in [6.45, 7) is 0. The van der Waals surface area contributed by atoms with Crippen molar-refractivity contribution in [3.63, 3.8) is 0 Å². The molecule has 2 heterocycles. The molecule has 0 amide bonds. The Morgan fingerprint density at radius 3 is 2.56 bits per heavy atom. The number of pyridine rings is 1. The van der Waals surface area contributed by atoms with Gasteiger partial charge < -0.3 is 15.0 Å². The van der Waals surface area contributed by atoms with Crippen molar-refractivity contribution in [3.05, 3.63) is 54.6 Å². The van der Waals surface area contributed by atoms with Gasteiger partial charge in [-0.1, -0.05) is 24.1 Å². The van der Waals surface area contributed by atoms with Crippen molar-refractivity contribution in [1.82, 2.24) is 15.1 Å². The predicted octanol–water partition coefficient (Wildman–Crippen LogP) is 4.07. The summed E-state index contributed by atoms with van der Waals surface area (Å²) in [7, 11) is 0.